The van der Waals surface area contributed by atoms with E-state index in [9.17, 15) is 9.18 Å². The molecule has 24 heavy (non-hydrogen) atoms. The van der Waals surface area contributed by atoms with Crippen LogP contribution in [0.3, 0.4) is 0 Å². The third-order valence-electron chi connectivity index (χ3n) is 3.61. The average Bonchev–Trinajstić information content (AvgIpc) is 2.57. The number of benzene rings is 1. The minimum atomic E-state index is -0.370. The molecule has 0 saturated heterocycles. The number of aromatic nitrogens is 1. The number of pyridine rings is 1. The number of carbonyl (C=O) groups is 1. The van der Waals surface area contributed by atoms with Crippen molar-refractivity contribution in [3.05, 3.63) is 58.1 Å². The van der Waals surface area contributed by atoms with Gasteiger partial charge in [-0.15, -0.1) is 0 Å². The van der Waals surface area contributed by atoms with Gasteiger partial charge in [-0.25, -0.2) is 4.39 Å². The fourth-order valence-corrected chi connectivity index (χ4v) is 2.37. The number of nitrogens with zero attached hydrogens (tertiary/aromatic N) is 1. The standard InChI is InChI=1S/C18H20BrFN2O2/c1-3-12(2)9-22-18(23)17-5-4-13(10-21-17)11-24-16-7-14(19)6-15(20)8-16/h4-8,10,12H,3,9,11H2,1-2H3,(H,22,23). The lowest BCUT2D eigenvalue weighted by molar-refractivity contribution is 0.0942. The second kappa shape index (κ2) is 8.78. The van der Waals surface area contributed by atoms with Crippen LogP contribution < -0.4 is 10.1 Å². The fraction of sp³-hybridized carbons (Fsp3) is 0.333. The molecule has 0 aliphatic heterocycles. The molecular weight excluding hydrogens is 375 g/mol. The van der Waals surface area contributed by atoms with Crippen LogP contribution in [0.15, 0.2) is 41.0 Å². The van der Waals surface area contributed by atoms with Crippen LogP contribution in [0.1, 0.15) is 36.3 Å². The summed E-state index contributed by atoms with van der Waals surface area (Å²) in [6, 6.07) is 7.80. The zero-order valence-electron chi connectivity index (χ0n) is 13.7. The van der Waals surface area contributed by atoms with E-state index in [0.29, 0.717) is 28.4 Å². The molecular formula is C18H20BrFN2O2. The summed E-state index contributed by atoms with van der Waals surface area (Å²) in [5.74, 6) is 0.312. The third-order valence-corrected chi connectivity index (χ3v) is 4.06. The zero-order chi connectivity index (χ0) is 17.5. The smallest absolute Gasteiger partial charge is 0.269 e. The molecule has 4 nitrogen and oxygen atoms in total. The van der Waals surface area contributed by atoms with Crippen LogP contribution >= 0.6 is 15.9 Å². The van der Waals surface area contributed by atoms with Gasteiger partial charge in [-0.05, 0) is 24.1 Å². The SMILES string of the molecule is CCC(C)CNC(=O)c1ccc(COc2cc(F)cc(Br)c2)cn1. The van der Waals surface area contributed by atoms with E-state index in [1.54, 1.807) is 24.4 Å². The van der Waals surface area contributed by atoms with Gasteiger partial charge in [-0.2, -0.15) is 0 Å². The van der Waals surface area contributed by atoms with E-state index >= 15 is 0 Å². The molecule has 0 saturated carbocycles. The van der Waals surface area contributed by atoms with Crippen LogP contribution in [0.5, 0.6) is 5.75 Å². The molecule has 1 atom stereocenters. The second-order valence-electron chi connectivity index (χ2n) is 5.67. The van der Waals surface area contributed by atoms with Gasteiger partial charge in [0.2, 0.25) is 0 Å². The Kier molecular flexibility index (Phi) is 6.73. The maximum absolute atomic E-state index is 13.3. The van der Waals surface area contributed by atoms with Gasteiger partial charge in [0.1, 0.15) is 23.9 Å². The van der Waals surface area contributed by atoms with Crippen molar-refractivity contribution >= 4 is 21.8 Å². The van der Waals surface area contributed by atoms with Gasteiger partial charge in [0.05, 0.1) is 0 Å². The lowest BCUT2D eigenvalue weighted by Crippen LogP contribution is -2.28. The van der Waals surface area contributed by atoms with Gasteiger partial charge in [0.25, 0.3) is 5.91 Å². The van der Waals surface area contributed by atoms with E-state index in [1.165, 1.54) is 12.1 Å². The molecule has 0 fully saturated rings. The molecule has 6 heteroatoms. The summed E-state index contributed by atoms with van der Waals surface area (Å²) in [6.45, 7) is 5.05. The van der Waals surface area contributed by atoms with Gasteiger partial charge in [0, 0.05) is 28.8 Å². The topological polar surface area (TPSA) is 51.2 Å². The van der Waals surface area contributed by atoms with Crippen LogP contribution in [0.25, 0.3) is 0 Å². The average molecular weight is 395 g/mol. The number of halogens is 2. The minimum absolute atomic E-state index is 0.183. The molecule has 1 unspecified atom stereocenters. The van der Waals surface area contributed by atoms with Gasteiger partial charge in [-0.3, -0.25) is 9.78 Å². The normalized spacial score (nSPS) is 11.8. The fourth-order valence-electron chi connectivity index (χ4n) is 1.92. The maximum Gasteiger partial charge on any atom is 0.269 e. The molecule has 1 heterocycles. The van der Waals surface area contributed by atoms with Crippen molar-refractivity contribution in [2.75, 3.05) is 6.54 Å². The van der Waals surface area contributed by atoms with Gasteiger partial charge >= 0.3 is 0 Å². The number of carbonyl (C=O) groups excluding carboxylic acids is 1. The first-order valence-electron chi connectivity index (χ1n) is 7.80. The number of nitrogens with one attached hydrogen (secondary N) is 1. The highest BCUT2D eigenvalue weighted by Gasteiger charge is 2.08. The number of hydrogen-bond donors (Lipinski definition) is 1. The van der Waals surface area contributed by atoms with E-state index in [0.717, 1.165) is 12.0 Å². The Morgan fingerprint density at radius 2 is 2.17 bits per heavy atom. The van der Waals surface area contributed by atoms with Crippen molar-refractivity contribution in [1.82, 2.24) is 10.3 Å². The van der Waals surface area contributed by atoms with Gasteiger partial charge in [0.15, 0.2) is 0 Å². The maximum atomic E-state index is 13.3. The molecule has 0 aliphatic rings. The Bertz CT molecular complexity index is 672. The molecule has 1 aromatic heterocycles. The van der Waals surface area contributed by atoms with E-state index in [-0.39, 0.29) is 18.3 Å². The van der Waals surface area contributed by atoms with Crippen molar-refractivity contribution in [3.8, 4) is 5.75 Å². The van der Waals surface area contributed by atoms with Crippen molar-refractivity contribution < 1.29 is 13.9 Å². The van der Waals surface area contributed by atoms with Crippen LogP contribution in [-0.4, -0.2) is 17.4 Å². The third kappa shape index (κ3) is 5.60. The molecule has 0 radical (unpaired) electrons. The predicted molar refractivity (Wildman–Crippen MR) is 94.5 cm³/mol. The first-order valence-corrected chi connectivity index (χ1v) is 8.59. The molecule has 0 bridgehead atoms. The molecule has 128 valence electrons. The van der Waals surface area contributed by atoms with Crippen LogP contribution in [0.4, 0.5) is 4.39 Å². The molecule has 0 spiro atoms. The highest BCUT2D eigenvalue weighted by atomic mass is 79.9. The summed E-state index contributed by atoms with van der Waals surface area (Å²) in [5, 5.41) is 2.86. The second-order valence-corrected chi connectivity index (χ2v) is 6.58. The lowest BCUT2D eigenvalue weighted by Gasteiger charge is -2.10. The molecule has 1 aromatic carbocycles. The molecule has 0 aliphatic carbocycles. The Balaban J connectivity index is 1.90. The van der Waals surface area contributed by atoms with Crippen molar-refractivity contribution in [1.29, 1.82) is 0 Å². The van der Waals surface area contributed by atoms with E-state index in [4.69, 9.17) is 4.74 Å². The number of amides is 1. The first-order chi connectivity index (χ1) is 11.5. The summed E-state index contributed by atoms with van der Waals surface area (Å²) < 4.78 is 19.4. The highest BCUT2D eigenvalue weighted by Crippen LogP contribution is 2.21. The number of ether oxygens (including phenoxy) is 1. The van der Waals surface area contributed by atoms with Crippen LogP contribution in [-0.2, 0) is 6.61 Å². The Morgan fingerprint density at radius 1 is 1.38 bits per heavy atom. The van der Waals surface area contributed by atoms with Crippen LogP contribution in [0.2, 0.25) is 0 Å². The molecule has 1 amide bonds. The first kappa shape index (κ1) is 18.4. The Morgan fingerprint density at radius 3 is 2.79 bits per heavy atom. The zero-order valence-corrected chi connectivity index (χ0v) is 15.3. The molecule has 1 N–H and O–H groups in total. The van der Waals surface area contributed by atoms with E-state index in [2.05, 4.69) is 40.1 Å². The Labute approximate surface area is 149 Å². The van der Waals surface area contributed by atoms with Crippen molar-refractivity contribution in [2.45, 2.75) is 26.9 Å². The quantitative estimate of drug-likeness (QED) is 0.759. The summed E-state index contributed by atoms with van der Waals surface area (Å²) in [5.41, 5.74) is 1.17. The monoisotopic (exact) mass is 394 g/mol. The number of rotatable bonds is 7. The largest absolute Gasteiger partial charge is 0.489 e. The minimum Gasteiger partial charge on any atom is -0.489 e. The summed E-state index contributed by atoms with van der Waals surface area (Å²) in [4.78, 5) is 16.1. The summed E-state index contributed by atoms with van der Waals surface area (Å²) in [6.07, 6.45) is 2.60. The van der Waals surface area contributed by atoms with E-state index < -0.39 is 0 Å². The predicted octanol–water partition coefficient (Wildman–Crippen LogP) is 4.34. The lowest BCUT2D eigenvalue weighted by atomic mass is 10.1. The van der Waals surface area contributed by atoms with Crippen molar-refractivity contribution in [2.24, 2.45) is 5.92 Å². The molecule has 2 aromatic rings. The highest BCUT2D eigenvalue weighted by molar-refractivity contribution is 9.10. The summed E-state index contributed by atoms with van der Waals surface area (Å²) in [7, 11) is 0. The van der Waals surface area contributed by atoms with Crippen molar-refractivity contribution in [3.63, 3.8) is 0 Å². The van der Waals surface area contributed by atoms with Crippen LogP contribution in [0, 0.1) is 11.7 Å². The Hall–Kier alpha value is -1.95. The van der Waals surface area contributed by atoms with Gasteiger partial charge < -0.3 is 10.1 Å². The summed E-state index contributed by atoms with van der Waals surface area (Å²) >= 11 is 3.22. The molecule has 2 rings (SSSR count). The van der Waals surface area contributed by atoms with Gasteiger partial charge in [-0.1, -0.05) is 42.3 Å². The van der Waals surface area contributed by atoms with E-state index in [1.807, 2.05) is 0 Å². The number of hydrogen-bond acceptors (Lipinski definition) is 3.